The predicted molar refractivity (Wildman–Crippen MR) is 38.4 cm³/mol. The molecule has 2 N–H and O–H groups in total. The molecule has 0 saturated carbocycles. The largest absolute Gasteiger partial charge is 0.396 e. The van der Waals surface area contributed by atoms with Gasteiger partial charge in [-0.2, -0.15) is 0 Å². The molecule has 0 saturated heterocycles. The van der Waals surface area contributed by atoms with Gasteiger partial charge in [-0.25, -0.2) is 9.37 Å². The summed E-state index contributed by atoms with van der Waals surface area (Å²) in [5.41, 5.74) is 5.95. The molecule has 0 aromatic carbocycles. The molecule has 1 heterocycles. The van der Waals surface area contributed by atoms with Gasteiger partial charge in [-0.15, -0.1) is 0 Å². The van der Waals surface area contributed by atoms with Crippen molar-refractivity contribution in [2.45, 2.75) is 6.92 Å². The van der Waals surface area contributed by atoms with Crippen molar-refractivity contribution in [3.8, 4) is 0 Å². The van der Waals surface area contributed by atoms with E-state index in [1.807, 2.05) is 0 Å². The molecule has 1 rings (SSSR count). The highest BCUT2D eigenvalue weighted by Gasteiger charge is 2.06. The van der Waals surface area contributed by atoms with E-state index in [0.717, 1.165) is 0 Å². The van der Waals surface area contributed by atoms with E-state index in [1.54, 1.807) is 6.92 Å². The second-order valence-electron chi connectivity index (χ2n) is 1.96. The van der Waals surface area contributed by atoms with E-state index in [0.29, 0.717) is 5.56 Å². The first kappa shape index (κ1) is 7.28. The second-order valence-corrected chi connectivity index (χ2v) is 2.32. The fraction of sp³-hybridized carbons (Fsp3) is 0.167. The summed E-state index contributed by atoms with van der Waals surface area (Å²) < 4.78 is 12.7. The molecule has 0 aliphatic heterocycles. The summed E-state index contributed by atoms with van der Waals surface area (Å²) >= 11 is 5.32. The van der Waals surface area contributed by atoms with Crippen molar-refractivity contribution in [1.82, 2.24) is 4.98 Å². The standard InChI is InChI=1S/C6H6ClFN2/c1-3-2-10-6(7)4(8)5(3)9/h2H,1H3,(H2,9,10). The smallest absolute Gasteiger partial charge is 0.183 e. The Morgan fingerprint density at radius 3 is 2.80 bits per heavy atom. The quantitative estimate of drug-likeness (QED) is 0.588. The van der Waals surface area contributed by atoms with E-state index < -0.39 is 5.82 Å². The van der Waals surface area contributed by atoms with Crippen LogP contribution in [0.3, 0.4) is 0 Å². The first-order valence-corrected chi connectivity index (χ1v) is 3.07. The number of pyridine rings is 1. The Morgan fingerprint density at radius 1 is 1.70 bits per heavy atom. The Balaban J connectivity index is 3.34. The van der Waals surface area contributed by atoms with Crippen LogP contribution in [-0.4, -0.2) is 4.98 Å². The highest BCUT2D eigenvalue weighted by Crippen LogP contribution is 2.19. The van der Waals surface area contributed by atoms with Crippen molar-refractivity contribution in [3.05, 3.63) is 22.7 Å². The molecule has 0 fully saturated rings. The van der Waals surface area contributed by atoms with Crippen molar-refractivity contribution >= 4 is 17.3 Å². The van der Waals surface area contributed by atoms with Gasteiger partial charge in [-0.05, 0) is 12.5 Å². The molecule has 0 atom stereocenters. The van der Waals surface area contributed by atoms with Gasteiger partial charge >= 0.3 is 0 Å². The third-order valence-electron chi connectivity index (χ3n) is 1.21. The lowest BCUT2D eigenvalue weighted by molar-refractivity contribution is 0.625. The number of anilines is 1. The first-order valence-electron chi connectivity index (χ1n) is 2.69. The van der Waals surface area contributed by atoms with Gasteiger partial charge in [0.05, 0.1) is 5.69 Å². The Kier molecular flexibility index (Phi) is 1.76. The normalized spacial score (nSPS) is 9.90. The van der Waals surface area contributed by atoms with E-state index in [-0.39, 0.29) is 10.8 Å². The van der Waals surface area contributed by atoms with E-state index in [2.05, 4.69) is 4.98 Å². The SMILES string of the molecule is Cc1cnc(Cl)c(F)c1N. The lowest BCUT2D eigenvalue weighted by Gasteiger charge is -2.00. The summed E-state index contributed by atoms with van der Waals surface area (Å²) in [5.74, 6) is -0.637. The maximum atomic E-state index is 12.7. The monoisotopic (exact) mass is 160 g/mol. The number of aryl methyl sites for hydroxylation is 1. The van der Waals surface area contributed by atoms with Crippen LogP contribution in [0.15, 0.2) is 6.20 Å². The number of nitrogen functional groups attached to an aromatic ring is 1. The van der Waals surface area contributed by atoms with Crippen LogP contribution < -0.4 is 5.73 Å². The topological polar surface area (TPSA) is 38.9 Å². The van der Waals surface area contributed by atoms with Gasteiger partial charge < -0.3 is 5.73 Å². The van der Waals surface area contributed by atoms with Gasteiger partial charge in [0, 0.05) is 6.20 Å². The van der Waals surface area contributed by atoms with Crippen molar-refractivity contribution in [2.75, 3.05) is 5.73 Å². The maximum absolute atomic E-state index is 12.7. The lowest BCUT2D eigenvalue weighted by Crippen LogP contribution is -1.96. The van der Waals surface area contributed by atoms with Crippen LogP contribution in [0, 0.1) is 12.7 Å². The molecule has 54 valence electrons. The highest BCUT2D eigenvalue weighted by atomic mass is 35.5. The predicted octanol–water partition coefficient (Wildman–Crippen LogP) is 1.76. The fourth-order valence-electron chi connectivity index (χ4n) is 0.564. The minimum absolute atomic E-state index is 0.0694. The van der Waals surface area contributed by atoms with E-state index in [9.17, 15) is 4.39 Å². The number of hydrogen-bond donors (Lipinski definition) is 1. The fourth-order valence-corrected chi connectivity index (χ4v) is 0.715. The van der Waals surface area contributed by atoms with Crippen LogP contribution in [0.1, 0.15) is 5.56 Å². The summed E-state index contributed by atoms with van der Waals surface area (Å²) in [4.78, 5) is 3.55. The van der Waals surface area contributed by atoms with Crippen LogP contribution in [0.4, 0.5) is 10.1 Å². The van der Waals surface area contributed by atoms with E-state index in [4.69, 9.17) is 17.3 Å². The second kappa shape index (κ2) is 2.42. The third kappa shape index (κ3) is 1.04. The number of nitrogens with two attached hydrogens (primary N) is 1. The van der Waals surface area contributed by atoms with Gasteiger partial charge in [0.15, 0.2) is 11.0 Å². The number of rotatable bonds is 0. The van der Waals surface area contributed by atoms with Crippen LogP contribution in [0.2, 0.25) is 5.15 Å². The van der Waals surface area contributed by atoms with Crippen LogP contribution in [-0.2, 0) is 0 Å². The average Bonchev–Trinajstić information content (AvgIpc) is 1.93. The van der Waals surface area contributed by atoms with Crippen molar-refractivity contribution in [3.63, 3.8) is 0 Å². The molecule has 0 unspecified atom stereocenters. The van der Waals surface area contributed by atoms with Gasteiger partial charge in [0.2, 0.25) is 0 Å². The number of halogens is 2. The molecule has 4 heteroatoms. The van der Waals surface area contributed by atoms with Gasteiger partial charge in [0.25, 0.3) is 0 Å². The summed E-state index contributed by atoms with van der Waals surface area (Å²) in [6.45, 7) is 1.67. The van der Waals surface area contributed by atoms with Gasteiger partial charge in [-0.1, -0.05) is 11.6 Å². The minimum Gasteiger partial charge on any atom is -0.396 e. The molecule has 0 radical (unpaired) electrons. The molecule has 0 amide bonds. The third-order valence-corrected chi connectivity index (χ3v) is 1.48. The molecule has 0 aliphatic rings. The zero-order valence-corrected chi connectivity index (χ0v) is 6.11. The Hall–Kier alpha value is -0.830. The molecular formula is C6H6ClFN2. The zero-order chi connectivity index (χ0) is 7.72. The Labute approximate surface area is 62.8 Å². The van der Waals surface area contributed by atoms with Gasteiger partial charge in [0.1, 0.15) is 0 Å². The summed E-state index contributed by atoms with van der Waals surface area (Å²) in [6, 6.07) is 0. The minimum atomic E-state index is -0.637. The maximum Gasteiger partial charge on any atom is 0.183 e. The molecule has 0 spiro atoms. The van der Waals surface area contributed by atoms with Gasteiger partial charge in [-0.3, -0.25) is 0 Å². The Morgan fingerprint density at radius 2 is 2.30 bits per heavy atom. The van der Waals surface area contributed by atoms with Crippen LogP contribution in [0.25, 0.3) is 0 Å². The van der Waals surface area contributed by atoms with Crippen molar-refractivity contribution < 1.29 is 4.39 Å². The van der Waals surface area contributed by atoms with E-state index >= 15 is 0 Å². The Bertz CT molecular complexity index is 235. The number of hydrogen-bond acceptors (Lipinski definition) is 2. The van der Waals surface area contributed by atoms with Crippen LogP contribution >= 0.6 is 11.6 Å². The molecule has 1 aromatic heterocycles. The molecule has 0 aliphatic carbocycles. The molecule has 1 aromatic rings. The average molecular weight is 161 g/mol. The molecule has 2 nitrogen and oxygen atoms in total. The zero-order valence-electron chi connectivity index (χ0n) is 5.36. The summed E-state index contributed by atoms with van der Waals surface area (Å²) in [7, 11) is 0. The van der Waals surface area contributed by atoms with Crippen molar-refractivity contribution in [1.29, 1.82) is 0 Å². The molecule has 10 heavy (non-hydrogen) atoms. The summed E-state index contributed by atoms with van der Waals surface area (Å²) in [6.07, 6.45) is 1.43. The number of aromatic nitrogens is 1. The molecule has 0 bridgehead atoms. The van der Waals surface area contributed by atoms with Crippen LogP contribution in [0.5, 0.6) is 0 Å². The summed E-state index contributed by atoms with van der Waals surface area (Å²) in [5, 5.41) is -0.178. The van der Waals surface area contributed by atoms with E-state index in [1.165, 1.54) is 6.20 Å². The lowest BCUT2D eigenvalue weighted by atomic mass is 10.3. The highest BCUT2D eigenvalue weighted by molar-refractivity contribution is 6.29. The van der Waals surface area contributed by atoms with Crippen molar-refractivity contribution in [2.24, 2.45) is 0 Å². The molecular weight excluding hydrogens is 155 g/mol. The number of nitrogens with zero attached hydrogens (tertiary/aromatic N) is 1. The first-order chi connectivity index (χ1) is 4.63.